The van der Waals surface area contributed by atoms with Crippen LogP contribution >= 0.6 is 0 Å². The molecule has 0 radical (unpaired) electrons. The molecule has 0 bridgehead atoms. The fourth-order valence-electron chi connectivity index (χ4n) is 3.15. The molecular weight excluding hydrogens is 335 g/mol. The molecule has 2 heterocycles. The van der Waals surface area contributed by atoms with Crippen LogP contribution in [-0.4, -0.2) is 57.2 Å². The summed E-state index contributed by atoms with van der Waals surface area (Å²) in [6.45, 7) is 2.22. The second-order valence-corrected chi connectivity index (χ2v) is 6.00. The molecule has 0 unspecified atom stereocenters. The highest BCUT2D eigenvalue weighted by Crippen LogP contribution is 2.22. The van der Waals surface area contributed by atoms with E-state index >= 15 is 0 Å². The van der Waals surface area contributed by atoms with Crippen molar-refractivity contribution in [3.63, 3.8) is 0 Å². The number of halogens is 1. The van der Waals surface area contributed by atoms with E-state index in [9.17, 15) is 9.18 Å². The normalized spacial score (nSPS) is 14.5. The van der Waals surface area contributed by atoms with E-state index in [1.165, 1.54) is 17.1 Å². The minimum atomic E-state index is -0.240. The van der Waals surface area contributed by atoms with Gasteiger partial charge in [-0.2, -0.15) is 4.68 Å². The van der Waals surface area contributed by atoms with Crippen molar-refractivity contribution in [3.8, 4) is 5.69 Å². The minimum Gasteiger partial charge on any atom is -0.366 e. The van der Waals surface area contributed by atoms with Crippen molar-refractivity contribution in [2.24, 2.45) is 0 Å². The molecule has 0 atom stereocenters. The van der Waals surface area contributed by atoms with Gasteiger partial charge in [-0.25, -0.2) is 4.39 Å². The Kier molecular flexibility index (Phi) is 4.30. The maximum absolute atomic E-state index is 14.0. The van der Waals surface area contributed by atoms with Crippen molar-refractivity contribution < 1.29 is 9.18 Å². The van der Waals surface area contributed by atoms with Crippen molar-refractivity contribution in [2.75, 3.05) is 31.1 Å². The number of tetrazole rings is 1. The van der Waals surface area contributed by atoms with Gasteiger partial charge < -0.3 is 9.80 Å². The van der Waals surface area contributed by atoms with Crippen LogP contribution in [0.1, 0.15) is 10.4 Å². The van der Waals surface area contributed by atoms with E-state index in [4.69, 9.17) is 0 Å². The zero-order valence-electron chi connectivity index (χ0n) is 14.0. The van der Waals surface area contributed by atoms with Crippen molar-refractivity contribution in [2.45, 2.75) is 0 Å². The highest BCUT2D eigenvalue weighted by Gasteiger charge is 2.25. The van der Waals surface area contributed by atoms with Crippen LogP contribution in [0.25, 0.3) is 5.69 Å². The summed E-state index contributed by atoms with van der Waals surface area (Å²) >= 11 is 0. The minimum absolute atomic E-state index is 0.0794. The number of carbonyl (C=O) groups excluding carboxylic acids is 1. The number of anilines is 1. The third kappa shape index (κ3) is 3.01. The molecule has 2 aromatic carbocycles. The van der Waals surface area contributed by atoms with Crippen LogP contribution in [-0.2, 0) is 0 Å². The third-order valence-corrected chi connectivity index (χ3v) is 4.49. The summed E-state index contributed by atoms with van der Waals surface area (Å²) in [4.78, 5) is 16.7. The lowest BCUT2D eigenvalue weighted by Gasteiger charge is -2.36. The van der Waals surface area contributed by atoms with Gasteiger partial charge in [0, 0.05) is 26.2 Å². The van der Waals surface area contributed by atoms with Gasteiger partial charge in [-0.3, -0.25) is 4.79 Å². The van der Waals surface area contributed by atoms with Gasteiger partial charge in [0.2, 0.25) is 0 Å². The number of benzene rings is 2. The molecule has 0 saturated carbocycles. The molecule has 1 fully saturated rings. The van der Waals surface area contributed by atoms with E-state index in [0.29, 0.717) is 43.1 Å². The van der Waals surface area contributed by atoms with Crippen LogP contribution in [0.2, 0.25) is 0 Å². The Hall–Kier alpha value is -3.29. The molecule has 7 nitrogen and oxygen atoms in total. The van der Waals surface area contributed by atoms with E-state index in [1.807, 2.05) is 23.1 Å². The van der Waals surface area contributed by atoms with Gasteiger partial charge in [0.25, 0.3) is 5.91 Å². The smallest absolute Gasteiger partial charge is 0.256 e. The molecule has 26 heavy (non-hydrogen) atoms. The zero-order valence-corrected chi connectivity index (χ0v) is 14.0. The Bertz CT molecular complexity index is 906. The number of hydrogen-bond acceptors (Lipinski definition) is 5. The van der Waals surface area contributed by atoms with Crippen molar-refractivity contribution in [1.29, 1.82) is 0 Å². The van der Waals surface area contributed by atoms with Crippen molar-refractivity contribution in [3.05, 3.63) is 66.2 Å². The second kappa shape index (κ2) is 6.91. The first-order chi connectivity index (χ1) is 12.7. The average Bonchev–Trinajstić information content (AvgIpc) is 3.23. The summed E-state index contributed by atoms with van der Waals surface area (Å²) in [6, 6.07) is 13.9. The van der Waals surface area contributed by atoms with Gasteiger partial charge in [-0.05, 0) is 34.7 Å². The van der Waals surface area contributed by atoms with Gasteiger partial charge in [-0.1, -0.05) is 24.3 Å². The van der Waals surface area contributed by atoms with Gasteiger partial charge in [0.15, 0.2) is 0 Å². The van der Waals surface area contributed by atoms with Crippen molar-refractivity contribution in [1.82, 2.24) is 25.1 Å². The standard InChI is InChI=1S/C18H17FN6O/c19-15-6-2-4-8-17(15)23-9-11-24(12-10-23)18(26)14-5-1-3-7-16(14)25-13-20-21-22-25/h1-8,13H,9-12H2. The van der Waals surface area contributed by atoms with Crippen LogP contribution in [0.3, 0.4) is 0 Å². The van der Waals surface area contributed by atoms with Crippen molar-refractivity contribution >= 4 is 11.6 Å². The number of aromatic nitrogens is 4. The fraction of sp³-hybridized carbons (Fsp3) is 0.222. The predicted octanol–water partition coefficient (Wildman–Crippen LogP) is 1.76. The molecule has 1 aliphatic heterocycles. The fourth-order valence-corrected chi connectivity index (χ4v) is 3.15. The molecular formula is C18H17FN6O. The number of carbonyl (C=O) groups is 1. The monoisotopic (exact) mass is 352 g/mol. The number of amides is 1. The van der Waals surface area contributed by atoms with Crippen LogP contribution in [0.5, 0.6) is 0 Å². The number of piperazine rings is 1. The van der Waals surface area contributed by atoms with E-state index in [2.05, 4.69) is 15.5 Å². The summed E-state index contributed by atoms with van der Waals surface area (Å²) in [6.07, 6.45) is 1.46. The molecule has 132 valence electrons. The molecule has 4 rings (SSSR count). The predicted molar refractivity (Wildman–Crippen MR) is 93.7 cm³/mol. The largest absolute Gasteiger partial charge is 0.366 e. The lowest BCUT2D eigenvalue weighted by atomic mass is 10.1. The van der Waals surface area contributed by atoms with E-state index in [-0.39, 0.29) is 11.7 Å². The lowest BCUT2D eigenvalue weighted by Crippen LogP contribution is -2.49. The maximum Gasteiger partial charge on any atom is 0.256 e. The summed E-state index contributed by atoms with van der Waals surface area (Å²) < 4.78 is 15.4. The molecule has 1 aromatic heterocycles. The Balaban J connectivity index is 1.51. The Labute approximate surface area is 149 Å². The number of nitrogens with zero attached hydrogens (tertiary/aromatic N) is 6. The second-order valence-electron chi connectivity index (χ2n) is 6.00. The first-order valence-electron chi connectivity index (χ1n) is 8.35. The number of hydrogen-bond donors (Lipinski definition) is 0. The molecule has 3 aromatic rings. The first kappa shape index (κ1) is 16.2. The topological polar surface area (TPSA) is 67.2 Å². The van der Waals surface area contributed by atoms with E-state index in [0.717, 1.165) is 0 Å². The van der Waals surface area contributed by atoms with E-state index < -0.39 is 0 Å². The average molecular weight is 352 g/mol. The zero-order chi connectivity index (χ0) is 17.9. The van der Waals surface area contributed by atoms with E-state index in [1.54, 1.807) is 29.2 Å². The SMILES string of the molecule is O=C(c1ccccc1-n1cnnn1)N1CCN(c2ccccc2F)CC1. The highest BCUT2D eigenvalue weighted by molar-refractivity contribution is 5.97. The first-order valence-corrected chi connectivity index (χ1v) is 8.35. The highest BCUT2D eigenvalue weighted by atomic mass is 19.1. The lowest BCUT2D eigenvalue weighted by molar-refractivity contribution is 0.0746. The number of para-hydroxylation sites is 2. The summed E-state index contributed by atoms with van der Waals surface area (Å²) in [5, 5.41) is 11.1. The van der Waals surface area contributed by atoms with Crippen LogP contribution < -0.4 is 4.90 Å². The summed E-state index contributed by atoms with van der Waals surface area (Å²) in [7, 11) is 0. The summed E-state index contributed by atoms with van der Waals surface area (Å²) in [5.74, 6) is -0.319. The summed E-state index contributed by atoms with van der Waals surface area (Å²) in [5.41, 5.74) is 1.76. The van der Waals surface area contributed by atoms with Gasteiger partial charge in [0.05, 0.1) is 16.9 Å². The Morgan fingerprint density at radius 3 is 2.31 bits per heavy atom. The Morgan fingerprint density at radius 2 is 1.62 bits per heavy atom. The Morgan fingerprint density at radius 1 is 0.923 bits per heavy atom. The third-order valence-electron chi connectivity index (χ3n) is 4.49. The molecule has 1 aliphatic rings. The molecule has 0 N–H and O–H groups in total. The molecule has 0 spiro atoms. The van der Waals surface area contributed by atoms with Gasteiger partial charge in [-0.15, -0.1) is 5.10 Å². The van der Waals surface area contributed by atoms with Gasteiger partial charge in [0.1, 0.15) is 12.1 Å². The van der Waals surface area contributed by atoms with Crippen LogP contribution in [0.4, 0.5) is 10.1 Å². The number of rotatable bonds is 3. The maximum atomic E-state index is 14.0. The van der Waals surface area contributed by atoms with Crippen LogP contribution in [0, 0.1) is 5.82 Å². The van der Waals surface area contributed by atoms with Crippen LogP contribution in [0.15, 0.2) is 54.9 Å². The molecule has 1 amide bonds. The quantitative estimate of drug-likeness (QED) is 0.719. The van der Waals surface area contributed by atoms with Gasteiger partial charge >= 0.3 is 0 Å². The molecule has 0 aliphatic carbocycles. The molecule has 1 saturated heterocycles. The molecule has 8 heteroatoms.